The monoisotopic (exact) mass is 320 g/mol. The minimum Gasteiger partial charge on any atom is -0.315 e. The summed E-state index contributed by atoms with van der Waals surface area (Å²) in [6.07, 6.45) is -4.26. The SMILES string of the molecule is CNCc1sc2cccc(F)c2c1CN(C)CC(F)(F)F. The van der Waals surface area contributed by atoms with Gasteiger partial charge < -0.3 is 5.32 Å². The molecule has 0 aliphatic heterocycles. The Morgan fingerprint density at radius 2 is 2.00 bits per heavy atom. The molecule has 1 heterocycles. The molecule has 0 spiro atoms. The predicted octanol–water partition coefficient (Wildman–Crippen LogP) is 3.75. The van der Waals surface area contributed by atoms with E-state index in [0.29, 0.717) is 17.5 Å². The fraction of sp³-hybridized carbons (Fsp3) is 0.429. The van der Waals surface area contributed by atoms with Crippen LogP contribution in [0.15, 0.2) is 18.2 Å². The molecule has 2 rings (SSSR count). The first-order chi connectivity index (χ1) is 9.81. The molecular weight excluding hydrogens is 304 g/mol. The highest BCUT2D eigenvalue weighted by Gasteiger charge is 2.30. The number of hydrogen-bond acceptors (Lipinski definition) is 3. The molecule has 0 atom stereocenters. The molecule has 2 nitrogen and oxygen atoms in total. The van der Waals surface area contributed by atoms with Gasteiger partial charge in [-0.2, -0.15) is 13.2 Å². The zero-order valence-corrected chi connectivity index (χ0v) is 12.5. The molecule has 2 aromatic rings. The highest BCUT2D eigenvalue weighted by molar-refractivity contribution is 7.19. The number of alkyl halides is 3. The summed E-state index contributed by atoms with van der Waals surface area (Å²) in [6.45, 7) is -0.441. The van der Waals surface area contributed by atoms with Crippen molar-refractivity contribution in [1.82, 2.24) is 10.2 Å². The number of rotatable bonds is 5. The molecule has 0 fully saturated rings. The molecule has 21 heavy (non-hydrogen) atoms. The second-order valence-corrected chi connectivity index (χ2v) is 6.07. The predicted molar refractivity (Wildman–Crippen MR) is 76.9 cm³/mol. The van der Waals surface area contributed by atoms with Crippen LogP contribution >= 0.6 is 11.3 Å². The first-order valence-electron chi connectivity index (χ1n) is 6.40. The summed E-state index contributed by atoms with van der Waals surface area (Å²) in [6, 6.07) is 4.74. The van der Waals surface area contributed by atoms with E-state index in [9.17, 15) is 17.6 Å². The number of halogens is 4. The Morgan fingerprint density at radius 1 is 1.29 bits per heavy atom. The number of benzene rings is 1. The van der Waals surface area contributed by atoms with E-state index in [2.05, 4.69) is 5.32 Å². The van der Waals surface area contributed by atoms with E-state index in [1.807, 2.05) is 0 Å². The molecule has 1 N–H and O–H groups in total. The van der Waals surface area contributed by atoms with Crippen molar-refractivity contribution >= 4 is 21.4 Å². The van der Waals surface area contributed by atoms with Gasteiger partial charge in [0.15, 0.2) is 0 Å². The normalized spacial score (nSPS) is 12.5. The Labute approximate surface area is 124 Å². The van der Waals surface area contributed by atoms with Crippen molar-refractivity contribution in [3.05, 3.63) is 34.5 Å². The van der Waals surface area contributed by atoms with Gasteiger partial charge >= 0.3 is 6.18 Å². The van der Waals surface area contributed by atoms with Crippen LogP contribution in [-0.4, -0.2) is 31.7 Å². The van der Waals surface area contributed by atoms with Gasteiger partial charge in [0.1, 0.15) is 5.82 Å². The zero-order valence-electron chi connectivity index (χ0n) is 11.7. The number of thiophene rings is 1. The third-order valence-electron chi connectivity index (χ3n) is 3.06. The lowest BCUT2D eigenvalue weighted by molar-refractivity contribution is -0.144. The third-order valence-corrected chi connectivity index (χ3v) is 4.26. The van der Waals surface area contributed by atoms with Crippen molar-refractivity contribution in [3.8, 4) is 0 Å². The van der Waals surface area contributed by atoms with Crippen LogP contribution < -0.4 is 5.32 Å². The van der Waals surface area contributed by atoms with E-state index in [0.717, 1.165) is 14.5 Å². The molecule has 1 aromatic heterocycles. The smallest absolute Gasteiger partial charge is 0.315 e. The number of nitrogens with zero attached hydrogens (tertiary/aromatic N) is 1. The summed E-state index contributed by atoms with van der Waals surface area (Å²) in [5.41, 5.74) is 0.634. The van der Waals surface area contributed by atoms with Crippen molar-refractivity contribution in [1.29, 1.82) is 0 Å². The van der Waals surface area contributed by atoms with Crippen LogP contribution in [0.3, 0.4) is 0 Å². The molecule has 0 saturated heterocycles. The minimum absolute atomic E-state index is 0.0669. The van der Waals surface area contributed by atoms with E-state index in [-0.39, 0.29) is 12.4 Å². The quantitative estimate of drug-likeness (QED) is 0.844. The summed E-state index contributed by atoms with van der Waals surface area (Å²) >= 11 is 1.41. The van der Waals surface area contributed by atoms with Gasteiger partial charge in [0.2, 0.25) is 0 Å². The van der Waals surface area contributed by atoms with Crippen molar-refractivity contribution in [3.63, 3.8) is 0 Å². The van der Waals surface area contributed by atoms with Gasteiger partial charge in [0.25, 0.3) is 0 Å². The molecule has 7 heteroatoms. The molecule has 0 saturated carbocycles. The zero-order chi connectivity index (χ0) is 15.6. The van der Waals surface area contributed by atoms with Crippen LogP contribution in [0.25, 0.3) is 10.1 Å². The van der Waals surface area contributed by atoms with Gasteiger partial charge in [0, 0.05) is 28.1 Å². The Morgan fingerprint density at radius 3 is 2.62 bits per heavy atom. The maximum atomic E-state index is 14.0. The van der Waals surface area contributed by atoms with E-state index in [1.165, 1.54) is 24.5 Å². The van der Waals surface area contributed by atoms with Gasteiger partial charge in [0.05, 0.1) is 6.54 Å². The topological polar surface area (TPSA) is 15.3 Å². The van der Waals surface area contributed by atoms with E-state index >= 15 is 0 Å². The summed E-state index contributed by atoms with van der Waals surface area (Å²) in [4.78, 5) is 2.03. The highest BCUT2D eigenvalue weighted by atomic mass is 32.1. The molecule has 0 amide bonds. The fourth-order valence-corrected chi connectivity index (χ4v) is 3.56. The Hall–Kier alpha value is -1.18. The van der Waals surface area contributed by atoms with E-state index < -0.39 is 12.7 Å². The van der Waals surface area contributed by atoms with Gasteiger partial charge in [-0.25, -0.2) is 4.39 Å². The van der Waals surface area contributed by atoms with Crippen LogP contribution in [0.2, 0.25) is 0 Å². The Bertz CT molecular complexity index is 621. The summed E-state index contributed by atoms with van der Waals surface area (Å²) in [5.74, 6) is -0.387. The second-order valence-electron chi connectivity index (χ2n) is 4.93. The minimum atomic E-state index is -4.26. The molecule has 0 bridgehead atoms. The van der Waals surface area contributed by atoms with Crippen molar-refractivity contribution in [2.45, 2.75) is 19.3 Å². The maximum absolute atomic E-state index is 14.0. The van der Waals surface area contributed by atoms with Crippen LogP contribution in [0.1, 0.15) is 10.4 Å². The molecule has 0 aliphatic carbocycles. The van der Waals surface area contributed by atoms with Crippen LogP contribution in [0, 0.1) is 5.82 Å². The first-order valence-corrected chi connectivity index (χ1v) is 7.22. The van der Waals surface area contributed by atoms with Gasteiger partial charge in [-0.1, -0.05) is 6.07 Å². The molecule has 0 aliphatic rings. The number of hydrogen-bond donors (Lipinski definition) is 1. The summed E-state index contributed by atoms with van der Waals surface area (Å²) < 4.78 is 52.1. The largest absolute Gasteiger partial charge is 0.401 e. The maximum Gasteiger partial charge on any atom is 0.401 e. The summed E-state index contributed by atoms with van der Waals surface area (Å²) in [5, 5.41) is 3.41. The third kappa shape index (κ3) is 3.93. The lowest BCUT2D eigenvalue weighted by atomic mass is 10.1. The summed E-state index contributed by atoms with van der Waals surface area (Å²) in [7, 11) is 3.14. The molecular formula is C14H16F4N2S. The van der Waals surface area contributed by atoms with Gasteiger partial charge in [-0.05, 0) is 31.8 Å². The lowest BCUT2D eigenvalue weighted by Gasteiger charge is -2.19. The lowest BCUT2D eigenvalue weighted by Crippen LogP contribution is -2.30. The standard InChI is InChI=1S/C14H16F4N2S/c1-19-6-12-9(7-20(2)8-14(16,17)18)13-10(15)4-3-5-11(13)21-12/h3-5,19H,6-8H2,1-2H3. The first kappa shape index (κ1) is 16.2. The average molecular weight is 320 g/mol. The molecule has 0 unspecified atom stereocenters. The Balaban J connectivity index is 2.38. The highest BCUT2D eigenvalue weighted by Crippen LogP contribution is 2.34. The van der Waals surface area contributed by atoms with Crippen molar-refractivity contribution in [2.75, 3.05) is 20.6 Å². The molecule has 116 valence electrons. The van der Waals surface area contributed by atoms with Crippen molar-refractivity contribution < 1.29 is 17.6 Å². The number of fused-ring (bicyclic) bond motifs is 1. The van der Waals surface area contributed by atoms with Crippen LogP contribution in [0.4, 0.5) is 17.6 Å². The van der Waals surface area contributed by atoms with Crippen molar-refractivity contribution in [2.24, 2.45) is 0 Å². The Kier molecular flexibility index (Phi) is 4.85. The average Bonchev–Trinajstić information content (AvgIpc) is 2.67. The van der Waals surface area contributed by atoms with Crippen LogP contribution in [-0.2, 0) is 13.1 Å². The second kappa shape index (κ2) is 6.29. The molecule has 1 aromatic carbocycles. The van der Waals surface area contributed by atoms with E-state index in [1.54, 1.807) is 19.2 Å². The van der Waals surface area contributed by atoms with Gasteiger partial charge in [-0.15, -0.1) is 11.3 Å². The van der Waals surface area contributed by atoms with Crippen LogP contribution in [0.5, 0.6) is 0 Å². The molecule has 0 radical (unpaired) electrons. The fourth-order valence-electron chi connectivity index (χ4n) is 2.32. The number of nitrogens with one attached hydrogen (secondary N) is 1. The van der Waals surface area contributed by atoms with Gasteiger partial charge in [-0.3, -0.25) is 4.90 Å². The van der Waals surface area contributed by atoms with E-state index in [4.69, 9.17) is 0 Å².